The number of halogens is 1. The third-order valence-electron chi connectivity index (χ3n) is 3.47. The number of nitrogens with one attached hydrogen (secondary N) is 3. The lowest BCUT2D eigenvalue weighted by Gasteiger charge is -2.28. The monoisotopic (exact) mass is 379 g/mol. The molecule has 0 aliphatic carbocycles. The van der Waals surface area contributed by atoms with Crippen molar-refractivity contribution >= 4 is 11.8 Å². The van der Waals surface area contributed by atoms with Crippen LogP contribution in [0.2, 0.25) is 0 Å². The molecule has 0 aromatic carbocycles. The van der Waals surface area contributed by atoms with E-state index in [0.29, 0.717) is 33.0 Å². The number of carbonyl (C=O) groups is 2. The number of alkyl halides is 1. The SMILES string of the molecule is CCNCCOCCOCCNC(=O)COC(C)(C)C(F)CNC(C)=O. The van der Waals surface area contributed by atoms with Gasteiger partial charge < -0.3 is 30.2 Å². The first-order valence-corrected chi connectivity index (χ1v) is 8.95. The summed E-state index contributed by atoms with van der Waals surface area (Å²) in [7, 11) is 0. The van der Waals surface area contributed by atoms with E-state index in [9.17, 15) is 14.0 Å². The van der Waals surface area contributed by atoms with Crippen LogP contribution in [-0.4, -0.2) is 82.8 Å². The second-order valence-corrected chi connectivity index (χ2v) is 6.22. The van der Waals surface area contributed by atoms with Crippen LogP contribution in [0.4, 0.5) is 4.39 Å². The van der Waals surface area contributed by atoms with Gasteiger partial charge in [0, 0.05) is 20.0 Å². The Balaban J connectivity index is 3.65. The van der Waals surface area contributed by atoms with Gasteiger partial charge in [0.2, 0.25) is 11.8 Å². The molecule has 0 bridgehead atoms. The Hall–Kier alpha value is -1.29. The molecule has 154 valence electrons. The predicted molar refractivity (Wildman–Crippen MR) is 96.8 cm³/mol. The Labute approximate surface area is 155 Å². The van der Waals surface area contributed by atoms with Crippen LogP contribution in [0.3, 0.4) is 0 Å². The number of ether oxygens (including phenoxy) is 3. The molecule has 0 fully saturated rings. The summed E-state index contributed by atoms with van der Waals surface area (Å²) in [6.45, 7) is 10.0. The quantitative estimate of drug-likeness (QED) is 0.327. The molecular formula is C17H34FN3O5. The minimum Gasteiger partial charge on any atom is -0.378 e. The normalized spacial score (nSPS) is 12.7. The predicted octanol–water partition coefficient (Wildman–Crippen LogP) is 0.0147. The average molecular weight is 379 g/mol. The molecule has 0 spiro atoms. The van der Waals surface area contributed by atoms with Gasteiger partial charge in [-0.3, -0.25) is 9.59 Å². The van der Waals surface area contributed by atoms with Crippen LogP contribution < -0.4 is 16.0 Å². The van der Waals surface area contributed by atoms with E-state index in [2.05, 4.69) is 16.0 Å². The van der Waals surface area contributed by atoms with E-state index in [1.54, 1.807) is 0 Å². The summed E-state index contributed by atoms with van der Waals surface area (Å²) in [4.78, 5) is 22.5. The highest BCUT2D eigenvalue weighted by Gasteiger charge is 2.31. The van der Waals surface area contributed by atoms with E-state index >= 15 is 0 Å². The van der Waals surface area contributed by atoms with Crippen molar-refractivity contribution in [1.29, 1.82) is 0 Å². The van der Waals surface area contributed by atoms with Gasteiger partial charge in [0.25, 0.3) is 0 Å². The van der Waals surface area contributed by atoms with Crippen molar-refractivity contribution < 1.29 is 28.2 Å². The first kappa shape index (κ1) is 24.7. The highest BCUT2D eigenvalue weighted by atomic mass is 19.1. The molecule has 0 aromatic heterocycles. The maximum Gasteiger partial charge on any atom is 0.246 e. The smallest absolute Gasteiger partial charge is 0.246 e. The molecule has 9 heteroatoms. The Bertz CT molecular complexity index is 397. The Morgan fingerprint density at radius 3 is 2.23 bits per heavy atom. The first-order chi connectivity index (χ1) is 12.3. The third-order valence-corrected chi connectivity index (χ3v) is 3.47. The Morgan fingerprint density at radius 2 is 1.65 bits per heavy atom. The molecule has 2 amide bonds. The van der Waals surface area contributed by atoms with E-state index < -0.39 is 11.8 Å². The summed E-state index contributed by atoms with van der Waals surface area (Å²) in [6, 6.07) is 0. The molecule has 0 aliphatic heterocycles. The number of carbonyl (C=O) groups excluding carboxylic acids is 2. The highest BCUT2D eigenvalue weighted by Crippen LogP contribution is 2.17. The molecule has 0 radical (unpaired) electrons. The molecule has 3 N–H and O–H groups in total. The molecular weight excluding hydrogens is 345 g/mol. The standard InChI is InChI=1S/C17H34FN3O5/c1-5-19-6-8-24-10-11-25-9-7-20-16(23)13-26-17(3,4)15(18)12-21-14(2)22/h15,19H,5-13H2,1-4H3,(H,20,23)(H,21,22). The van der Waals surface area contributed by atoms with E-state index in [0.717, 1.165) is 13.1 Å². The van der Waals surface area contributed by atoms with Gasteiger partial charge in [0.1, 0.15) is 12.8 Å². The summed E-state index contributed by atoms with van der Waals surface area (Å²) in [5, 5.41) is 8.16. The maximum atomic E-state index is 14.0. The fraction of sp³-hybridized carbons (Fsp3) is 0.882. The largest absolute Gasteiger partial charge is 0.378 e. The molecule has 0 aromatic rings. The summed E-state index contributed by atoms with van der Waals surface area (Å²) < 4.78 is 30.0. The summed E-state index contributed by atoms with van der Waals surface area (Å²) >= 11 is 0. The Kier molecular flexibility index (Phi) is 14.1. The van der Waals surface area contributed by atoms with Crippen molar-refractivity contribution in [3.05, 3.63) is 0 Å². The van der Waals surface area contributed by atoms with E-state index in [1.807, 2.05) is 6.92 Å². The number of rotatable bonds is 16. The van der Waals surface area contributed by atoms with Crippen LogP contribution in [0.25, 0.3) is 0 Å². The molecule has 26 heavy (non-hydrogen) atoms. The molecule has 0 aliphatic rings. The van der Waals surface area contributed by atoms with Gasteiger partial charge in [-0.15, -0.1) is 0 Å². The van der Waals surface area contributed by atoms with E-state index in [4.69, 9.17) is 14.2 Å². The summed E-state index contributed by atoms with van der Waals surface area (Å²) in [6.07, 6.45) is -1.42. The number of likely N-dealkylation sites (N-methyl/N-ethyl adjacent to an activating group) is 1. The van der Waals surface area contributed by atoms with Crippen LogP contribution in [0.1, 0.15) is 27.7 Å². The molecule has 0 saturated heterocycles. The topological polar surface area (TPSA) is 97.9 Å². The highest BCUT2D eigenvalue weighted by molar-refractivity contribution is 5.77. The lowest BCUT2D eigenvalue weighted by molar-refractivity contribution is -0.136. The minimum atomic E-state index is -1.42. The first-order valence-electron chi connectivity index (χ1n) is 8.95. The number of amides is 2. The second-order valence-electron chi connectivity index (χ2n) is 6.22. The summed E-state index contributed by atoms with van der Waals surface area (Å²) in [5.41, 5.74) is -1.18. The molecule has 8 nitrogen and oxygen atoms in total. The van der Waals surface area contributed by atoms with Crippen LogP contribution in [0.15, 0.2) is 0 Å². The van der Waals surface area contributed by atoms with Gasteiger partial charge in [-0.25, -0.2) is 4.39 Å². The number of hydrogen-bond acceptors (Lipinski definition) is 6. The van der Waals surface area contributed by atoms with Crippen LogP contribution >= 0.6 is 0 Å². The molecule has 1 unspecified atom stereocenters. The Morgan fingerprint density at radius 1 is 1.04 bits per heavy atom. The zero-order valence-corrected chi connectivity index (χ0v) is 16.4. The van der Waals surface area contributed by atoms with Crippen molar-refractivity contribution in [3.8, 4) is 0 Å². The molecule has 0 rings (SSSR count). The average Bonchev–Trinajstić information content (AvgIpc) is 2.59. The fourth-order valence-corrected chi connectivity index (χ4v) is 1.78. The summed E-state index contributed by atoms with van der Waals surface area (Å²) in [5.74, 6) is -0.667. The maximum absolute atomic E-state index is 14.0. The fourth-order valence-electron chi connectivity index (χ4n) is 1.78. The van der Waals surface area contributed by atoms with Gasteiger partial charge in [-0.05, 0) is 20.4 Å². The van der Waals surface area contributed by atoms with Gasteiger partial charge in [-0.2, -0.15) is 0 Å². The zero-order chi connectivity index (χ0) is 19.8. The van der Waals surface area contributed by atoms with Crippen LogP contribution in [0, 0.1) is 0 Å². The molecule has 0 saturated carbocycles. The van der Waals surface area contributed by atoms with Gasteiger partial charge in [0.05, 0.1) is 38.6 Å². The van der Waals surface area contributed by atoms with Crippen molar-refractivity contribution in [2.24, 2.45) is 0 Å². The second kappa shape index (κ2) is 14.8. The minimum absolute atomic E-state index is 0.158. The van der Waals surface area contributed by atoms with E-state index in [-0.39, 0.29) is 25.0 Å². The van der Waals surface area contributed by atoms with Gasteiger partial charge in [0.15, 0.2) is 0 Å². The third kappa shape index (κ3) is 13.9. The molecule has 1 atom stereocenters. The van der Waals surface area contributed by atoms with Crippen LogP contribution in [-0.2, 0) is 23.8 Å². The van der Waals surface area contributed by atoms with E-state index in [1.165, 1.54) is 20.8 Å². The van der Waals surface area contributed by atoms with Crippen molar-refractivity contribution in [1.82, 2.24) is 16.0 Å². The van der Waals surface area contributed by atoms with Crippen molar-refractivity contribution in [2.45, 2.75) is 39.5 Å². The van der Waals surface area contributed by atoms with Gasteiger partial charge >= 0.3 is 0 Å². The lowest BCUT2D eigenvalue weighted by atomic mass is 10.0. The van der Waals surface area contributed by atoms with Crippen molar-refractivity contribution in [2.75, 3.05) is 59.2 Å². The van der Waals surface area contributed by atoms with Crippen LogP contribution in [0.5, 0.6) is 0 Å². The molecule has 0 heterocycles. The zero-order valence-electron chi connectivity index (χ0n) is 16.4. The van der Waals surface area contributed by atoms with Gasteiger partial charge in [-0.1, -0.05) is 6.92 Å². The van der Waals surface area contributed by atoms with Crippen molar-refractivity contribution in [3.63, 3.8) is 0 Å². The lowest BCUT2D eigenvalue weighted by Crippen LogP contribution is -2.45. The number of hydrogen-bond donors (Lipinski definition) is 3.